The normalized spacial score (nSPS) is 11.9. The minimum atomic E-state index is -0.246. The van der Waals surface area contributed by atoms with Crippen molar-refractivity contribution in [1.29, 1.82) is 0 Å². The maximum atomic E-state index is 11.8. The van der Waals surface area contributed by atoms with Crippen molar-refractivity contribution in [3.8, 4) is 0 Å². The van der Waals surface area contributed by atoms with Gasteiger partial charge in [-0.25, -0.2) is 4.79 Å². The second-order valence-corrected chi connectivity index (χ2v) is 4.94. The molecule has 0 aromatic heterocycles. The summed E-state index contributed by atoms with van der Waals surface area (Å²) >= 11 is 0. The SMILES string of the molecule is CCCCCCC(Nc1ccc(C)cc1)C(=O)OC. The van der Waals surface area contributed by atoms with Gasteiger partial charge in [0.2, 0.25) is 0 Å². The van der Waals surface area contributed by atoms with Crippen LogP contribution < -0.4 is 5.32 Å². The Labute approximate surface area is 116 Å². The first-order valence-corrected chi connectivity index (χ1v) is 7.08. The Balaban J connectivity index is 2.53. The predicted molar refractivity (Wildman–Crippen MR) is 79.4 cm³/mol. The van der Waals surface area contributed by atoms with Crippen molar-refractivity contribution in [2.24, 2.45) is 0 Å². The maximum Gasteiger partial charge on any atom is 0.328 e. The minimum absolute atomic E-state index is 0.183. The lowest BCUT2D eigenvalue weighted by molar-refractivity contribution is -0.141. The second-order valence-electron chi connectivity index (χ2n) is 4.94. The highest BCUT2D eigenvalue weighted by Crippen LogP contribution is 2.14. The van der Waals surface area contributed by atoms with Crippen molar-refractivity contribution in [3.63, 3.8) is 0 Å². The van der Waals surface area contributed by atoms with Crippen LogP contribution in [0.1, 0.15) is 44.6 Å². The number of esters is 1. The Kier molecular flexibility index (Phi) is 7.01. The van der Waals surface area contributed by atoms with Gasteiger partial charge >= 0.3 is 5.97 Å². The van der Waals surface area contributed by atoms with E-state index in [9.17, 15) is 4.79 Å². The van der Waals surface area contributed by atoms with Crippen molar-refractivity contribution in [3.05, 3.63) is 29.8 Å². The third-order valence-electron chi connectivity index (χ3n) is 3.22. The lowest BCUT2D eigenvalue weighted by atomic mass is 10.1. The molecule has 0 aliphatic rings. The smallest absolute Gasteiger partial charge is 0.328 e. The predicted octanol–water partition coefficient (Wildman–Crippen LogP) is 3.92. The first-order valence-electron chi connectivity index (χ1n) is 7.08. The number of hydrogen-bond acceptors (Lipinski definition) is 3. The number of anilines is 1. The van der Waals surface area contributed by atoms with E-state index in [1.165, 1.54) is 31.9 Å². The van der Waals surface area contributed by atoms with Crippen LogP contribution in [0.5, 0.6) is 0 Å². The molecule has 0 saturated carbocycles. The van der Waals surface area contributed by atoms with Crippen molar-refractivity contribution in [2.45, 2.75) is 52.0 Å². The van der Waals surface area contributed by atoms with Crippen LogP contribution in [-0.2, 0) is 9.53 Å². The number of hydrogen-bond donors (Lipinski definition) is 1. The molecule has 1 unspecified atom stereocenters. The number of unbranched alkanes of at least 4 members (excludes halogenated alkanes) is 3. The number of rotatable bonds is 8. The summed E-state index contributed by atoms with van der Waals surface area (Å²) in [4.78, 5) is 11.8. The van der Waals surface area contributed by atoms with E-state index in [1.807, 2.05) is 31.2 Å². The molecule has 3 heteroatoms. The summed E-state index contributed by atoms with van der Waals surface area (Å²) in [5, 5.41) is 3.26. The van der Waals surface area contributed by atoms with E-state index in [2.05, 4.69) is 12.2 Å². The number of ether oxygens (including phenoxy) is 1. The largest absolute Gasteiger partial charge is 0.467 e. The first kappa shape index (κ1) is 15.5. The molecule has 1 atom stereocenters. The molecule has 0 heterocycles. The van der Waals surface area contributed by atoms with E-state index in [0.29, 0.717) is 0 Å². The Bertz CT molecular complexity index is 373. The van der Waals surface area contributed by atoms with Crippen LogP contribution in [-0.4, -0.2) is 19.1 Å². The van der Waals surface area contributed by atoms with Crippen molar-refractivity contribution < 1.29 is 9.53 Å². The summed E-state index contributed by atoms with van der Waals surface area (Å²) in [6.07, 6.45) is 5.46. The van der Waals surface area contributed by atoms with Gasteiger partial charge in [-0.15, -0.1) is 0 Å². The van der Waals surface area contributed by atoms with Crippen LogP contribution in [0, 0.1) is 6.92 Å². The van der Waals surface area contributed by atoms with Crippen LogP contribution in [0.25, 0.3) is 0 Å². The number of carbonyl (C=O) groups excluding carboxylic acids is 1. The quantitative estimate of drug-likeness (QED) is 0.570. The van der Waals surface area contributed by atoms with Gasteiger partial charge in [0.1, 0.15) is 6.04 Å². The average molecular weight is 263 g/mol. The van der Waals surface area contributed by atoms with Crippen LogP contribution >= 0.6 is 0 Å². The molecule has 1 N–H and O–H groups in total. The number of benzene rings is 1. The molecule has 1 rings (SSSR count). The van der Waals surface area contributed by atoms with Crippen molar-refractivity contribution in [1.82, 2.24) is 0 Å². The van der Waals surface area contributed by atoms with Gasteiger partial charge in [0.05, 0.1) is 7.11 Å². The van der Waals surface area contributed by atoms with Crippen LogP contribution in [0.4, 0.5) is 5.69 Å². The zero-order valence-corrected chi connectivity index (χ0v) is 12.2. The molecular formula is C16H25NO2. The molecule has 1 aromatic rings. The Morgan fingerprint density at radius 3 is 2.47 bits per heavy atom. The van der Waals surface area contributed by atoms with Gasteiger partial charge in [-0.05, 0) is 25.5 Å². The highest BCUT2D eigenvalue weighted by Gasteiger charge is 2.18. The van der Waals surface area contributed by atoms with E-state index in [4.69, 9.17) is 4.74 Å². The number of methoxy groups -OCH3 is 1. The zero-order valence-electron chi connectivity index (χ0n) is 12.2. The van der Waals surface area contributed by atoms with Gasteiger partial charge < -0.3 is 10.1 Å². The molecule has 0 radical (unpaired) electrons. The van der Waals surface area contributed by atoms with Crippen LogP contribution in [0.15, 0.2) is 24.3 Å². The molecule has 0 aliphatic heterocycles. The standard InChI is InChI=1S/C16H25NO2/c1-4-5-6-7-8-15(16(18)19-3)17-14-11-9-13(2)10-12-14/h9-12,15,17H,4-8H2,1-3H3. The van der Waals surface area contributed by atoms with Gasteiger partial charge in [-0.3, -0.25) is 0 Å². The fraction of sp³-hybridized carbons (Fsp3) is 0.562. The maximum absolute atomic E-state index is 11.8. The average Bonchev–Trinajstić information content (AvgIpc) is 2.43. The summed E-state index contributed by atoms with van der Waals surface area (Å²) in [7, 11) is 1.44. The molecule has 106 valence electrons. The third kappa shape index (κ3) is 5.77. The highest BCUT2D eigenvalue weighted by atomic mass is 16.5. The Morgan fingerprint density at radius 1 is 1.21 bits per heavy atom. The second kappa shape index (κ2) is 8.57. The summed E-state index contributed by atoms with van der Waals surface area (Å²) in [5.74, 6) is -0.183. The molecule has 0 fully saturated rings. The van der Waals surface area contributed by atoms with Crippen molar-refractivity contribution in [2.75, 3.05) is 12.4 Å². The van der Waals surface area contributed by atoms with E-state index < -0.39 is 0 Å². The van der Waals surface area contributed by atoms with Gasteiger partial charge in [-0.1, -0.05) is 50.3 Å². The molecule has 0 aliphatic carbocycles. The van der Waals surface area contributed by atoms with Crippen molar-refractivity contribution >= 4 is 11.7 Å². The lowest BCUT2D eigenvalue weighted by Crippen LogP contribution is -2.30. The van der Waals surface area contributed by atoms with Crippen LogP contribution in [0.3, 0.4) is 0 Å². The number of carbonyl (C=O) groups is 1. The first-order chi connectivity index (χ1) is 9.17. The minimum Gasteiger partial charge on any atom is -0.467 e. The molecule has 0 spiro atoms. The molecule has 19 heavy (non-hydrogen) atoms. The molecule has 3 nitrogen and oxygen atoms in total. The van der Waals surface area contributed by atoms with Gasteiger partial charge in [0, 0.05) is 5.69 Å². The fourth-order valence-corrected chi connectivity index (χ4v) is 2.02. The van der Waals surface area contributed by atoms with Crippen LogP contribution in [0.2, 0.25) is 0 Å². The topological polar surface area (TPSA) is 38.3 Å². The van der Waals surface area contributed by atoms with E-state index in [-0.39, 0.29) is 12.0 Å². The van der Waals surface area contributed by atoms with E-state index in [0.717, 1.165) is 18.5 Å². The number of aryl methyl sites for hydroxylation is 1. The number of nitrogens with one attached hydrogen (secondary N) is 1. The van der Waals surface area contributed by atoms with Gasteiger partial charge in [0.25, 0.3) is 0 Å². The fourth-order valence-electron chi connectivity index (χ4n) is 2.02. The molecule has 1 aromatic carbocycles. The Morgan fingerprint density at radius 2 is 1.89 bits per heavy atom. The van der Waals surface area contributed by atoms with E-state index in [1.54, 1.807) is 0 Å². The summed E-state index contributed by atoms with van der Waals surface area (Å²) < 4.78 is 4.86. The Hall–Kier alpha value is -1.51. The molecule has 0 bridgehead atoms. The highest BCUT2D eigenvalue weighted by molar-refractivity contribution is 5.79. The monoisotopic (exact) mass is 263 g/mol. The zero-order chi connectivity index (χ0) is 14.1. The molecule has 0 amide bonds. The van der Waals surface area contributed by atoms with Gasteiger partial charge in [-0.2, -0.15) is 0 Å². The lowest BCUT2D eigenvalue weighted by Gasteiger charge is -2.17. The van der Waals surface area contributed by atoms with E-state index >= 15 is 0 Å². The summed E-state index contributed by atoms with van der Waals surface area (Å²) in [5.41, 5.74) is 2.18. The molecule has 0 saturated heterocycles. The molecular weight excluding hydrogens is 238 g/mol. The summed E-state index contributed by atoms with van der Waals surface area (Å²) in [6, 6.07) is 7.82. The summed E-state index contributed by atoms with van der Waals surface area (Å²) in [6.45, 7) is 4.23. The van der Waals surface area contributed by atoms with Gasteiger partial charge in [0.15, 0.2) is 0 Å². The third-order valence-corrected chi connectivity index (χ3v) is 3.22.